The van der Waals surface area contributed by atoms with E-state index in [9.17, 15) is 9.59 Å². The second-order valence-corrected chi connectivity index (χ2v) is 5.23. The van der Waals surface area contributed by atoms with Crippen LogP contribution in [0.3, 0.4) is 0 Å². The average Bonchev–Trinajstić information content (AvgIpc) is 2.51. The van der Waals surface area contributed by atoms with Gasteiger partial charge in [-0.1, -0.05) is 37.3 Å². The first-order valence-electron chi connectivity index (χ1n) is 7.06. The maximum Gasteiger partial charge on any atom is 0.323 e. The molecule has 0 aliphatic carbocycles. The highest BCUT2D eigenvalue weighted by Crippen LogP contribution is 2.14. The molecule has 2 rings (SSSR count). The van der Waals surface area contributed by atoms with E-state index in [-0.39, 0.29) is 18.3 Å². The normalized spacial score (nSPS) is 11.9. The Labute approximate surface area is 128 Å². The van der Waals surface area contributed by atoms with Crippen molar-refractivity contribution in [2.75, 3.05) is 11.9 Å². The Morgan fingerprint density at radius 2 is 2.05 bits per heavy atom. The summed E-state index contributed by atoms with van der Waals surface area (Å²) in [5.74, 6) is -0.675. The van der Waals surface area contributed by atoms with Gasteiger partial charge in [-0.05, 0) is 18.4 Å². The predicted molar refractivity (Wildman–Crippen MR) is 84.2 cm³/mol. The average molecular weight is 301 g/mol. The second-order valence-electron chi connectivity index (χ2n) is 5.23. The molecule has 0 bridgehead atoms. The summed E-state index contributed by atoms with van der Waals surface area (Å²) in [6, 6.07) is 9.94. The van der Waals surface area contributed by atoms with Crippen LogP contribution in [0, 0.1) is 6.92 Å². The lowest BCUT2D eigenvalue weighted by atomic mass is 10.0. The fourth-order valence-electron chi connectivity index (χ4n) is 2.17. The largest absolute Gasteiger partial charge is 0.480 e. The van der Waals surface area contributed by atoms with Crippen molar-refractivity contribution < 1.29 is 9.90 Å². The van der Waals surface area contributed by atoms with Crippen LogP contribution >= 0.6 is 0 Å². The molecule has 0 unspecified atom stereocenters. The second kappa shape index (κ2) is 6.89. The van der Waals surface area contributed by atoms with Gasteiger partial charge in [0.1, 0.15) is 6.54 Å². The van der Waals surface area contributed by atoms with E-state index in [4.69, 9.17) is 5.11 Å². The molecule has 2 N–H and O–H groups in total. The van der Waals surface area contributed by atoms with Gasteiger partial charge < -0.3 is 10.4 Å². The standard InChI is InChI=1S/C16H19N3O3/c1-11(13-6-4-3-5-7-13)8-17-15-16(22)19(10-14(20)21)12(2)9-18-15/h3-7,9,11H,8,10H2,1-2H3,(H,17,18)(H,20,21)/t11-/m0/s1. The highest BCUT2D eigenvalue weighted by molar-refractivity contribution is 5.66. The zero-order chi connectivity index (χ0) is 16.1. The topological polar surface area (TPSA) is 84.2 Å². The molecule has 0 saturated heterocycles. The predicted octanol–water partition coefficient (Wildman–Crippen LogP) is 1.85. The van der Waals surface area contributed by atoms with E-state index in [1.54, 1.807) is 6.92 Å². The van der Waals surface area contributed by atoms with Crippen LogP contribution in [0.1, 0.15) is 24.1 Å². The summed E-state index contributed by atoms with van der Waals surface area (Å²) in [5.41, 5.74) is 1.27. The fraction of sp³-hybridized carbons (Fsp3) is 0.312. The maximum absolute atomic E-state index is 12.2. The highest BCUT2D eigenvalue weighted by Gasteiger charge is 2.12. The van der Waals surface area contributed by atoms with Gasteiger partial charge in [0, 0.05) is 18.4 Å². The van der Waals surface area contributed by atoms with Gasteiger partial charge in [-0.2, -0.15) is 0 Å². The van der Waals surface area contributed by atoms with Gasteiger partial charge in [0.15, 0.2) is 5.82 Å². The number of hydrogen-bond donors (Lipinski definition) is 2. The van der Waals surface area contributed by atoms with Crippen LogP contribution in [0.5, 0.6) is 0 Å². The molecule has 0 fully saturated rings. The molecule has 22 heavy (non-hydrogen) atoms. The Hall–Kier alpha value is -2.63. The van der Waals surface area contributed by atoms with E-state index in [0.717, 1.165) is 5.56 Å². The molecule has 1 atom stereocenters. The van der Waals surface area contributed by atoms with Crippen LogP contribution in [-0.4, -0.2) is 27.2 Å². The number of carboxylic acid groups (broad SMARTS) is 1. The van der Waals surface area contributed by atoms with Gasteiger partial charge in [-0.3, -0.25) is 14.2 Å². The SMILES string of the molecule is Cc1cnc(NC[C@H](C)c2ccccc2)c(=O)n1CC(=O)O. The number of carbonyl (C=O) groups is 1. The van der Waals surface area contributed by atoms with Crippen molar-refractivity contribution in [3.8, 4) is 0 Å². The van der Waals surface area contributed by atoms with Gasteiger partial charge >= 0.3 is 5.97 Å². The lowest BCUT2D eigenvalue weighted by Crippen LogP contribution is -2.30. The van der Waals surface area contributed by atoms with Crippen molar-refractivity contribution >= 4 is 11.8 Å². The summed E-state index contributed by atoms with van der Waals surface area (Å²) in [6.07, 6.45) is 1.50. The van der Waals surface area contributed by atoms with Gasteiger partial charge in [-0.25, -0.2) is 4.98 Å². The Balaban J connectivity index is 2.13. The van der Waals surface area contributed by atoms with Crippen LogP contribution in [0.4, 0.5) is 5.82 Å². The molecule has 116 valence electrons. The molecule has 0 aliphatic heterocycles. The molecule has 1 aromatic carbocycles. The van der Waals surface area contributed by atoms with Crippen LogP contribution in [-0.2, 0) is 11.3 Å². The number of aryl methyl sites for hydroxylation is 1. The van der Waals surface area contributed by atoms with Crippen LogP contribution < -0.4 is 10.9 Å². The van der Waals surface area contributed by atoms with Crippen LogP contribution in [0.15, 0.2) is 41.3 Å². The minimum absolute atomic E-state index is 0.176. The minimum Gasteiger partial charge on any atom is -0.480 e. The Bertz CT molecular complexity index is 710. The molecule has 0 radical (unpaired) electrons. The quantitative estimate of drug-likeness (QED) is 0.850. The van der Waals surface area contributed by atoms with Gasteiger partial charge in [0.05, 0.1) is 0 Å². The molecule has 2 aromatic rings. The van der Waals surface area contributed by atoms with E-state index >= 15 is 0 Å². The first kappa shape index (κ1) is 15.8. The number of aromatic nitrogens is 2. The molecule has 1 aromatic heterocycles. The molecule has 0 amide bonds. The third kappa shape index (κ3) is 3.72. The van der Waals surface area contributed by atoms with E-state index in [1.165, 1.54) is 10.8 Å². The van der Waals surface area contributed by atoms with Crippen molar-refractivity contribution in [2.45, 2.75) is 26.3 Å². The summed E-state index contributed by atoms with van der Waals surface area (Å²) in [5, 5.41) is 11.9. The van der Waals surface area contributed by atoms with Gasteiger partial charge in [0.25, 0.3) is 5.56 Å². The molecular weight excluding hydrogens is 282 g/mol. The molecular formula is C16H19N3O3. The fourth-order valence-corrected chi connectivity index (χ4v) is 2.17. The lowest BCUT2D eigenvalue weighted by molar-refractivity contribution is -0.137. The number of carboxylic acids is 1. The van der Waals surface area contributed by atoms with Gasteiger partial charge in [0.2, 0.25) is 0 Å². The zero-order valence-corrected chi connectivity index (χ0v) is 12.6. The molecule has 0 saturated carbocycles. The number of aliphatic carboxylic acids is 1. The number of rotatable bonds is 6. The zero-order valence-electron chi connectivity index (χ0n) is 12.6. The summed E-state index contributed by atoms with van der Waals surface area (Å²) >= 11 is 0. The first-order chi connectivity index (χ1) is 10.5. The van der Waals surface area contributed by atoms with E-state index in [1.807, 2.05) is 37.3 Å². The van der Waals surface area contributed by atoms with Crippen molar-refractivity contribution in [3.63, 3.8) is 0 Å². The highest BCUT2D eigenvalue weighted by atomic mass is 16.4. The van der Waals surface area contributed by atoms with Crippen LogP contribution in [0.2, 0.25) is 0 Å². The molecule has 1 heterocycles. The first-order valence-corrected chi connectivity index (χ1v) is 7.06. The van der Waals surface area contributed by atoms with Crippen molar-refractivity contribution in [1.82, 2.24) is 9.55 Å². The molecule has 6 nitrogen and oxygen atoms in total. The Morgan fingerprint density at radius 1 is 1.36 bits per heavy atom. The number of nitrogens with zero attached hydrogens (tertiary/aromatic N) is 2. The molecule has 0 aliphatic rings. The third-order valence-corrected chi connectivity index (χ3v) is 3.49. The van der Waals surface area contributed by atoms with Crippen molar-refractivity contribution in [1.29, 1.82) is 0 Å². The molecule has 6 heteroatoms. The van der Waals surface area contributed by atoms with Crippen molar-refractivity contribution in [2.24, 2.45) is 0 Å². The van der Waals surface area contributed by atoms with Crippen LogP contribution in [0.25, 0.3) is 0 Å². The minimum atomic E-state index is -1.06. The number of benzene rings is 1. The van der Waals surface area contributed by atoms with Crippen molar-refractivity contribution in [3.05, 3.63) is 58.1 Å². The summed E-state index contributed by atoms with van der Waals surface area (Å²) in [7, 11) is 0. The van der Waals surface area contributed by atoms with E-state index in [0.29, 0.717) is 12.2 Å². The monoisotopic (exact) mass is 301 g/mol. The summed E-state index contributed by atoms with van der Waals surface area (Å²) in [6.45, 7) is 3.89. The maximum atomic E-state index is 12.2. The Morgan fingerprint density at radius 3 is 2.68 bits per heavy atom. The van der Waals surface area contributed by atoms with E-state index in [2.05, 4.69) is 10.3 Å². The number of hydrogen-bond acceptors (Lipinski definition) is 4. The summed E-state index contributed by atoms with van der Waals surface area (Å²) < 4.78 is 1.20. The third-order valence-electron chi connectivity index (χ3n) is 3.49. The molecule has 0 spiro atoms. The number of nitrogens with one attached hydrogen (secondary N) is 1. The van der Waals surface area contributed by atoms with Gasteiger partial charge in [-0.15, -0.1) is 0 Å². The Kier molecular flexibility index (Phi) is 4.93. The lowest BCUT2D eigenvalue weighted by Gasteiger charge is -2.14. The number of anilines is 1. The smallest absolute Gasteiger partial charge is 0.323 e. The van der Waals surface area contributed by atoms with E-state index < -0.39 is 11.5 Å². The summed E-state index contributed by atoms with van der Waals surface area (Å²) in [4.78, 5) is 27.2.